The van der Waals surface area contributed by atoms with Gasteiger partial charge in [-0.2, -0.15) is 0 Å². The second-order valence-corrected chi connectivity index (χ2v) is 9.38. The molecule has 6 rings (SSSR count). The summed E-state index contributed by atoms with van der Waals surface area (Å²) in [5.74, 6) is 1.06. The van der Waals surface area contributed by atoms with Gasteiger partial charge in [0.15, 0.2) is 0 Å². The number of rotatable bonds is 9. The number of fused-ring (bicyclic) bond motifs is 2. The Kier molecular flexibility index (Phi) is 7.01. The van der Waals surface area contributed by atoms with Crippen LogP contribution in [0.3, 0.4) is 0 Å². The second kappa shape index (κ2) is 11.2. The Morgan fingerprint density at radius 1 is 0.925 bits per heavy atom. The van der Waals surface area contributed by atoms with Crippen LogP contribution < -0.4 is 9.47 Å². The number of hydrogen-bond donors (Lipinski definition) is 2. The number of para-hydroxylation sites is 1. The highest BCUT2D eigenvalue weighted by atomic mass is 16.7. The first-order chi connectivity index (χ1) is 19.7. The summed E-state index contributed by atoms with van der Waals surface area (Å²) in [4.78, 5) is 19.0. The summed E-state index contributed by atoms with van der Waals surface area (Å²) in [5, 5.41) is 12.6. The number of benzene rings is 4. The number of nitrogens with zero attached hydrogens (tertiary/aromatic N) is 2. The fourth-order valence-corrected chi connectivity index (χ4v) is 5.06. The molecule has 2 aromatic heterocycles. The summed E-state index contributed by atoms with van der Waals surface area (Å²) in [5.41, 5.74) is 4.50. The van der Waals surface area contributed by atoms with Crippen LogP contribution in [0.2, 0.25) is 0 Å². The van der Waals surface area contributed by atoms with Crippen LogP contribution in [0.5, 0.6) is 11.6 Å². The van der Waals surface area contributed by atoms with Gasteiger partial charge < -0.3 is 24.1 Å². The van der Waals surface area contributed by atoms with Gasteiger partial charge in [-0.25, -0.2) is 9.78 Å². The van der Waals surface area contributed by atoms with E-state index in [2.05, 4.69) is 22.1 Å². The number of hydrogen-bond acceptors (Lipinski definition) is 4. The first-order valence-corrected chi connectivity index (χ1v) is 13.1. The molecule has 0 unspecified atom stereocenters. The van der Waals surface area contributed by atoms with Crippen LogP contribution in [0.25, 0.3) is 33.4 Å². The highest BCUT2D eigenvalue weighted by molar-refractivity contribution is 6.01. The smallest absolute Gasteiger partial charge is 0.493 e. The van der Waals surface area contributed by atoms with Gasteiger partial charge >= 0.3 is 6.16 Å². The van der Waals surface area contributed by atoms with Crippen molar-refractivity contribution in [2.45, 2.75) is 12.8 Å². The maximum absolute atomic E-state index is 11.6. The van der Waals surface area contributed by atoms with Crippen LogP contribution in [-0.4, -0.2) is 32.4 Å². The van der Waals surface area contributed by atoms with Crippen molar-refractivity contribution >= 4 is 39.6 Å². The van der Waals surface area contributed by atoms with E-state index in [9.17, 15) is 9.90 Å². The fraction of sp³-hybridized carbons (Fsp3) is 0.0909. The predicted molar refractivity (Wildman–Crippen MR) is 157 cm³/mol. The van der Waals surface area contributed by atoms with Crippen LogP contribution >= 0.6 is 0 Å². The van der Waals surface area contributed by atoms with Gasteiger partial charge in [-0.3, -0.25) is 0 Å². The van der Waals surface area contributed by atoms with Gasteiger partial charge in [0, 0.05) is 46.1 Å². The molecule has 0 atom stereocenters. The van der Waals surface area contributed by atoms with E-state index < -0.39 is 6.16 Å². The number of nitrogens with one attached hydrogen (secondary N) is 1. The quantitative estimate of drug-likeness (QED) is 0.148. The molecule has 0 saturated heterocycles. The lowest BCUT2D eigenvalue weighted by molar-refractivity contribution is 0.142. The molecule has 2 heterocycles. The van der Waals surface area contributed by atoms with E-state index in [1.54, 1.807) is 12.5 Å². The monoisotopic (exact) mass is 529 g/mol. The van der Waals surface area contributed by atoms with Crippen molar-refractivity contribution in [1.82, 2.24) is 14.5 Å². The molecule has 198 valence electrons. The SMILES string of the molecule is O=C(O)Oc1[nH]c2c(/C(=C\n3ccnc3)c3ccccc3)cccc2c1CCCOc1cccc2ccccc12. The number of aryl methyl sites for hydroxylation is 1. The standard InChI is InChI=1S/C33H27N3O4/c37-33(38)40-32-28(16-8-20-39-30-17-6-12-23-11-4-5-13-25(23)30)26-14-7-15-27(31(26)35-32)29(21-36-19-18-34-22-36)24-9-2-1-3-10-24/h1-7,9-15,17-19,21-22,35H,8,16,20H2,(H,37,38)/b29-21-. The van der Waals surface area contributed by atoms with E-state index in [1.807, 2.05) is 95.8 Å². The van der Waals surface area contributed by atoms with Gasteiger partial charge in [0.25, 0.3) is 0 Å². The molecular weight excluding hydrogens is 502 g/mol. The third-order valence-electron chi connectivity index (χ3n) is 6.85. The number of aromatic nitrogens is 3. The van der Waals surface area contributed by atoms with E-state index in [0.717, 1.165) is 49.7 Å². The third-order valence-corrected chi connectivity index (χ3v) is 6.85. The number of H-pyrrole nitrogens is 1. The van der Waals surface area contributed by atoms with Crippen molar-refractivity contribution in [2.75, 3.05) is 6.61 Å². The van der Waals surface area contributed by atoms with E-state index in [-0.39, 0.29) is 5.88 Å². The largest absolute Gasteiger partial charge is 0.512 e. The van der Waals surface area contributed by atoms with Crippen LogP contribution in [0.4, 0.5) is 4.79 Å². The molecule has 0 fully saturated rings. The second-order valence-electron chi connectivity index (χ2n) is 9.38. The number of aromatic amines is 1. The summed E-state index contributed by atoms with van der Waals surface area (Å²) in [7, 11) is 0. The van der Waals surface area contributed by atoms with Crippen molar-refractivity contribution in [3.05, 3.63) is 126 Å². The summed E-state index contributed by atoms with van der Waals surface area (Å²) >= 11 is 0. The Morgan fingerprint density at radius 3 is 2.52 bits per heavy atom. The molecule has 0 saturated carbocycles. The number of imidazole rings is 1. The number of carbonyl (C=O) groups is 1. The first-order valence-electron chi connectivity index (χ1n) is 13.1. The van der Waals surface area contributed by atoms with Crippen molar-refractivity contribution in [2.24, 2.45) is 0 Å². The highest BCUT2D eigenvalue weighted by Crippen LogP contribution is 2.36. The molecule has 0 spiro atoms. The Labute approximate surface area is 230 Å². The minimum absolute atomic E-state index is 0.232. The molecule has 0 aliphatic carbocycles. The maximum Gasteiger partial charge on any atom is 0.512 e. The molecule has 0 radical (unpaired) electrons. The van der Waals surface area contributed by atoms with Gasteiger partial charge in [0.2, 0.25) is 5.88 Å². The maximum atomic E-state index is 11.6. The Morgan fingerprint density at radius 2 is 1.70 bits per heavy atom. The third kappa shape index (κ3) is 5.17. The zero-order valence-electron chi connectivity index (χ0n) is 21.7. The topological polar surface area (TPSA) is 89.4 Å². The molecule has 0 amide bonds. The van der Waals surface area contributed by atoms with E-state index in [4.69, 9.17) is 9.47 Å². The normalized spacial score (nSPS) is 11.7. The zero-order chi connectivity index (χ0) is 27.3. The van der Waals surface area contributed by atoms with Gasteiger partial charge in [0.05, 0.1) is 18.5 Å². The van der Waals surface area contributed by atoms with E-state index >= 15 is 0 Å². The lowest BCUT2D eigenvalue weighted by atomic mass is 9.96. The molecule has 6 aromatic rings. The highest BCUT2D eigenvalue weighted by Gasteiger charge is 2.19. The van der Waals surface area contributed by atoms with E-state index in [1.165, 1.54) is 0 Å². The van der Waals surface area contributed by atoms with Crippen LogP contribution in [0.15, 0.2) is 110 Å². The van der Waals surface area contributed by atoms with Gasteiger partial charge in [0.1, 0.15) is 5.75 Å². The molecule has 40 heavy (non-hydrogen) atoms. The minimum atomic E-state index is -1.36. The molecule has 0 aliphatic heterocycles. The lowest BCUT2D eigenvalue weighted by Crippen LogP contribution is -2.06. The number of ether oxygens (including phenoxy) is 2. The number of carboxylic acid groups (broad SMARTS) is 1. The summed E-state index contributed by atoms with van der Waals surface area (Å²) in [6.07, 6.45) is 7.23. The summed E-state index contributed by atoms with van der Waals surface area (Å²) < 4.78 is 13.3. The van der Waals surface area contributed by atoms with E-state index in [0.29, 0.717) is 19.4 Å². The minimum Gasteiger partial charge on any atom is -0.493 e. The molecule has 7 nitrogen and oxygen atoms in total. The average molecular weight is 530 g/mol. The summed E-state index contributed by atoms with van der Waals surface area (Å²) in [6.45, 7) is 0.475. The molecule has 0 bridgehead atoms. The molecular formula is C33H27N3O4. The Bertz CT molecular complexity index is 1800. The fourth-order valence-electron chi connectivity index (χ4n) is 5.06. The predicted octanol–water partition coefficient (Wildman–Crippen LogP) is 7.63. The van der Waals surface area contributed by atoms with Gasteiger partial charge in [-0.05, 0) is 29.9 Å². The average Bonchev–Trinajstić information content (AvgIpc) is 3.62. The van der Waals surface area contributed by atoms with Crippen molar-refractivity contribution in [3.63, 3.8) is 0 Å². The van der Waals surface area contributed by atoms with Gasteiger partial charge in [-0.15, -0.1) is 0 Å². The molecule has 7 heteroatoms. The molecule has 4 aromatic carbocycles. The van der Waals surface area contributed by atoms with Crippen molar-refractivity contribution in [3.8, 4) is 11.6 Å². The van der Waals surface area contributed by atoms with Crippen LogP contribution in [0.1, 0.15) is 23.1 Å². The van der Waals surface area contributed by atoms with Crippen molar-refractivity contribution < 1.29 is 19.4 Å². The molecule has 2 N–H and O–H groups in total. The lowest BCUT2D eigenvalue weighted by Gasteiger charge is -2.11. The van der Waals surface area contributed by atoms with Crippen molar-refractivity contribution in [1.29, 1.82) is 0 Å². The molecule has 0 aliphatic rings. The van der Waals surface area contributed by atoms with Gasteiger partial charge in [-0.1, -0.05) is 84.9 Å². The Balaban J connectivity index is 1.34. The Hall–Kier alpha value is -5.30. The van der Waals surface area contributed by atoms with Crippen LogP contribution in [-0.2, 0) is 6.42 Å². The first kappa shape index (κ1) is 25.0. The zero-order valence-corrected chi connectivity index (χ0v) is 21.7. The van der Waals surface area contributed by atoms with Crippen LogP contribution in [0, 0.1) is 0 Å². The summed E-state index contributed by atoms with van der Waals surface area (Å²) in [6, 6.07) is 30.2.